The fraction of sp³-hybridized carbons (Fsp3) is 0.333. The number of ether oxygens (including phenoxy) is 2. The van der Waals surface area contributed by atoms with Gasteiger partial charge in [0.25, 0.3) is 0 Å². The van der Waals surface area contributed by atoms with Gasteiger partial charge in [0.1, 0.15) is 0 Å². The lowest BCUT2D eigenvalue weighted by molar-refractivity contribution is -0.152. The molecule has 0 spiro atoms. The van der Waals surface area contributed by atoms with Crippen molar-refractivity contribution in [1.29, 1.82) is 0 Å². The fourth-order valence-electron chi connectivity index (χ4n) is 3.58. The SMILES string of the molecule is CCOC(=O)C1(Nc2cc(Cl)cc(Cl)c2)CC(Cl)(C(=O)OCC)N(Cl)c2ccccc21. The molecule has 2 unspecified atom stereocenters. The number of fused-ring (bicyclic) bond motifs is 1. The average molecular weight is 506 g/mol. The van der Waals surface area contributed by atoms with Crippen LogP contribution in [0, 0.1) is 0 Å². The highest BCUT2D eigenvalue weighted by atomic mass is 35.5. The molecule has 0 bridgehead atoms. The molecule has 166 valence electrons. The van der Waals surface area contributed by atoms with Gasteiger partial charge in [0.05, 0.1) is 18.9 Å². The lowest BCUT2D eigenvalue weighted by atomic mass is 9.78. The van der Waals surface area contributed by atoms with Crippen LogP contribution < -0.4 is 9.74 Å². The summed E-state index contributed by atoms with van der Waals surface area (Å²) >= 11 is 25.6. The molecule has 2 aromatic rings. The minimum Gasteiger partial charge on any atom is -0.464 e. The van der Waals surface area contributed by atoms with Crippen molar-refractivity contribution in [2.45, 2.75) is 30.8 Å². The maximum atomic E-state index is 13.4. The highest BCUT2D eigenvalue weighted by Crippen LogP contribution is 2.51. The van der Waals surface area contributed by atoms with Crippen molar-refractivity contribution in [3.8, 4) is 0 Å². The fourth-order valence-corrected chi connectivity index (χ4v) is 4.73. The number of carbonyl (C=O) groups excluding carboxylic acids is 2. The average Bonchev–Trinajstić information content (AvgIpc) is 2.71. The number of hydrogen-bond donors (Lipinski definition) is 1. The van der Waals surface area contributed by atoms with E-state index in [2.05, 4.69) is 5.32 Å². The van der Waals surface area contributed by atoms with E-state index in [9.17, 15) is 9.59 Å². The summed E-state index contributed by atoms with van der Waals surface area (Å²) in [6, 6.07) is 11.6. The zero-order valence-corrected chi connectivity index (χ0v) is 19.8. The Morgan fingerprint density at radius 1 is 1.03 bits per heavy atom. The monoisotopic (exact) mass is 504 g/mol. The second kappa shape index (κ2) is 9.33. The van der Waals surface area contributed by atoms with Gasteiger partial charge in [-0.3, -0.25) is 4.42 Å². The van der Waals surface area contributed by atoms with Crippen LogP contribution in [0.25, 0.3) is 0 Å². The molecule has 0 aliphatic carbocycles. The molecule has 0 amide bonds. The van der Waals surface area contributed by atoms with Crippen molar-refractivity contribution in [2.24, 2.45) is 0 Å². The largest absolute Gasteiger partial charge is 0.464 e. The first-order chi connectivity index (χ1) is 14.7. The number of alkyl halides is 1. The number of halogens is 4. The molecule has 31 heavy (non-hydrogen) atoms. The number of anilines is 2. The van der Waals surface area contributed by atoms with E-state index in [1.165, 1.54) is 0 Å². The van der Waals surface area contributed by atoms with Crippen molar-refractivity contribution in [2.75, 3.05) is 22.9 Å². The van der Waals surface area contributed by atoms with E-state index in [-0.39, 0.29) is 19.6 Å². The molecule has 1 heterocycles. The zero-order chi connectivity index (χ0) is 22.8. The van der Waals surface area contributed by atoms with Gasteiger partial charge in [0.15, 0.2) is 5.54 Å². The second-order valence-corrected chi connectivity index (χ2v) is 8.70. The topological polar surface area (TPSA) is 67.9 Å². The van der Waals surface area contributed by atoms with E-state index in [4.69, 9.17) is 56.1 Å². The molecule has 0 radical (unpaired) electrons. The van der Waals surface area contributed by atoms with Gasteiger partial charge in [0, 0.05) is 39.5 Å². The molecule has 1 N–H and O–H groups in total. The predicted octanol–water partition coefficient (Wildman–Crippen LogP) is 5.73. The number of esters is 2. The number of carbonyl (C=O) groups is 2. The highest BCUT2D eigenvalue weighted by molar-refractivity contribution is 6.43. The van der Waals surface area contributed by atoms with Crippen molar-refractivity contribution in [3.05, 3.63) is 58.1 Å². The Morgan fingerprint density at radius 2 is 1.61 bits per heavy atom. The van der Waals surface area contributed by atoms with Gasteiger partial charge in [-0.05, 0) is 38.1 Å². The molecule has 2 atom stereocenters. The summed E-state index contributed by atoms with van der Waals surface area (Å²) in [5, 5.41) is 3.89. The van der Waals surface area contributed by atoms with Gasteiger partial charge in [0.2, 0.25) is 5.00 Å². The molecule has 10 heteroatoms. The number of rotatable bonds is 6. The number of benzene rings is 2. The van der Waals surface area contributed by atoms with Crippen molar-refractivity contribution in [1.82, 2.24) is 0 Å². The van der Waals surface area contributed by atoms with Crippen molar-refractivity contribution < 1.29 is 19.1 Å². The van der Waals surface area contributed by atoms with Crippen molar-refractivity contribution >= 4 is 69.9 Å². The van der Waals surface area contributed by atoms with Gasteiger partial charge in [-0.25, -0.2) is 9.59 Å². The number of hydrogen-bond acceptors (Lipinski definition) is 6. The van der Waals surface area contributed by atoms with Crippen LogP contribution in [0.2, 0.25) is 10.0 Å². The van der Waals surface area contributed by atoms with E-state index in [1.54, 1.807) is 56.3 Å². The van der Waals surface area contributed by atoms with Gasteiger partial charge < -0.3 is 14.8 Å². The van der Waals surface area contributed by atoms with E-state index in [0.717, 1.165) is 4.42 Å². The molecule has 3 rings (SSSR count). The van der Waals surface area contributed by atoms with Crippen LogP contribution in [0.4, 0.5) is 11.4 Å². The molecule has 2 aromatic carbocycles. The molecule has 1 aliphatic heterocycles. The summed E-state index contributed by atoms with van der Waals surface area (Å²) in [4.78, 5) is 24.4. The summed E-state index contributed by atoms with van der Waals surface area (Å²) in [7, 11) is 0. The van der Waals surface area contributed by atoms with Crippen LogP contribution in [0.3, 0.4) is 0 Å². The van der Waals surface area contributed by atoms with Gasteiger partial charge in [-0.2, -0.15) is 0 Å². The zero-order valence-electron chi connectivity index (χ0n) is 16.8. The minimum absolute atomic E-state index is 0.0867. The predicted molar refractivity (Wildman–Crippen MR) is 123 cm³/mol. The van der Waals surface area contributed by atoms with E-state index < -0.39 is 22.5 Å². The first kappa shape index (κ1) is 23.8. The van der Waals surface area contributed by atoms with Gasteiger partial charge >= 0.3 is 11.9 Å². The Labute approximate surface area is 200 Å². The molecular weight excluding hydrogens is 486 g/mol. The van der Waals surface area contributed by atoms with Crippen LogP contribution in [0.15, 0.2) is 42.5 Å². The molecule has 0 fully saturated rings. The summed E-state index contributed by atoms with van der Waals surface area (Å²) in [5.41, 5.74) is -0.320. The van der Waals surface area contributed by atoms with Crippen LogP contribution in [-0.4, -0.2) is 30.2 Å². The van der Waals surface area contributed by atoms with Crippen LogP contribution in [-0.2, 0) is 24.6 Å². The maximum absolute atomic E-state index is 13.4. The van der Waals surface area contributed by atoms with Crippen LogP contribution in [0.5, 0.6) is 0 Å². The third-order valence-corrected chi connectivity index (χ3v) is 6.27. The Morgan fingerprint density at radius 3 is 2.23 bits per heavy atom. The smallest absolute Gasteiger partial charge is 0.349 e. The van der Waals surface area contributed by atoms with E-state index in [1.807, 2.05) is 0 Å². The molecule has 0 saturated carbocycles. The summed E-state index contributed by atoms with van der Waals surface area (Å²) in [6.45, 7) is 3.53. The van der Waals surface area contributed by atoms with Gasteiger partial charge in [-0.15, -0.1) is 0 Å². The Hall–Kier alpha value is -1.86. The standard InChI is InChI=1S/C21H20Cl4N2O4/c1-3-30-18(28)20(26-15-10-13(22)9-14(23)11-15)12-21(24,19(29)31-4-2)27(25)17-8-6-5-7-16(17)20/h5-11,26H,3-4,12H2,1-2H3. The third kappa shape index (κ3) is 4.40. The quantitative estimate of drug-likeness (QED) is 0.234. The molecule has 6 nitrogen and oxygen atoms in total. The Bertz CT molecular complexity index is 985. The molecular formula is C21H20Cl4N2O4. The van der Waals surface area contributed by atoms with Crippen molar-refractivity contribution in [3.63, 3.8) is 0 Å². The molecule has 0 saturated heterocycles. The Kier molecular flexibility index (Phi) is 7.16. The Balaban J connectivity index is 2.25. The summed E-state index contributed by atoms with van der Waals surface area (Å²) in [6.07, 6.45) is -0.288. The van der Waals surface area contributed by atoms with E-state index in [0.29, 0.717) is 27.0 Å². The molecule has 1 aliphatic rings. The third-order valence-electron chi connectivity index (χ3n) is 4.82. The number of para-hydroxylation sites is 1. The first-order valence-electron chi connectivity index (χ1n) is 9.51. The normalized spacial score (nSPS) is 22.5. The molecule has 0 aromatic heterocycles. The van der Waals surface area contributed by atoms with E-state index >= 15 is 0 Å². The highest BCUT2D eigenvalue weighted by Gasteiger charge is 2.60. The minimum atomic E-state index is -1.89. The van der Waals surface area contributed by atoms with Crippen LogP contribution in [0.1, 0.15) is 25.8 Å². The first-order valence-corrected chi connectivity index (χ1v) is 11.0. The second-order valence-electron chi connectivity index (χ2n) is 6.86. The summed E-state index contributed by atoms with van der Waals surface area (Å²) in [5.74, 6) is -1.43. The lowest BCUT2D eigenvalue weighted by Gasteiger charge is -2.47. The number of nitrogens with one attached hydrogen (secondary N) is 1. The maximum Gasteiger partial charge on any atom is 0.349 e. The van der Waals surface area contributed by atoms with Crippen LogP contribution >= 0.6 is 46.6 Å². The summed E-state index contributed by atoms with van der Waals surface area (Å²) < 4.78 is 11.7. The number of nitrogens with zero attached hydrogens (tertiary/aromatic N) is 1. The van der Waals surface area contributed by atoms with Gasteiger partial charge in [-0.1, -0.05) is 53.0 Å². The lowest BCUT2D eigenvalue weighted by Crippen LogP contribution is -2.60.